The Morgan fingerprint density at radius 3 is 2.32 bits per heavy atom. The molecule has 0 aliphatic rings. The number of rotatable bonds is 4. The number of hydrogen-bond donors (Lipinski definition) is 0. The van der Waals surface area contributed by atoms with Crippen molar-refractivity contribution < 1.29 is 9.53 Å². The van der Waals surface area contributed by atoms with Crippen LogP contribution in [0.25, 0.3) is 0 Å². The summed E-state index contributed by atoms with van der Waals surface area (Å²) in [5.74, 6) is -0.282. The van der Waals surface area contributed by atoms with E-state index in [1.165, 1.54) is 11.8 Å². The van der Waals surface area contributed by atoms with Crippen molar-refractivity contribution in [3.05, 3.63) is 65.7 Å². The molecule has 0 heterocycles. The molecule has 0 amide bonds. The number of carbonyl (C=O) groups excluding carboxylic acids is 1. The third-order valence-corrected chi connectivity index (χ3v) is 3.58. The van der Waals surface area contributed by atoms with Gasteiger partial charge in [0.2, 0.25) is 0 Å². The van der Waals surface area contributed by atoms with Gasteiger partial charge in [0.25, 0.3) is 0 Å². The van der Waals surface area contributed by atoms with Gasteiger partial charge in [0.05, 0.1) is 5.56 Å². The monoisotopic (exact) mass is 272 g/mol. The molecule has 0 spiro atoms. The van der Waals surface area contributed by atoms with Gasteiger partial charge in [-0.3, -0.25) is 0 Å². The first-order chi connectivity index (χ1) is 9.15. The van der Waals surface area contributed by atoms with E-state index >= 15 is 0 Å². The van der Waals surface area contributed by atoms with Crippen molar-refractivity contribution in [2.75, 3.05) is 0 Å². The number of thioether (sulfide) groups is 1. The highest BCUT2D eigenvalue weighted by Crippen LogP contribution is 2.24. The molecule has 0 saturated carbocycles. The third-order valence-electron chi connectivity index (χ3n) is 2.61. The van der Waals surface area contributed by atoms with E-state index in [-0.39, 0.29) is 11.4 Å². The van der Waals surface area contributed by atoms with E-state index in [1.54, 1.807) is 12.1 Å². The molecule has 0 aliphatic heterocycles. The van der Waals surface area contributed by atoms with Crippen LogP contribution in [0.1, 0.15) is 22.8 Å². The molecule has 98 valence electrons. The van der Waals surface area contributed by atoms with Gasteiger partial charge in [0.1, 0.15) is 5.44 Å². The molecule has 0 radical (unpaired) electrons. The highest BCUT2D eigenvalue weighted by atomic mass is 32.2. The summed E-state index contributed by atoms with van der Waals surface area (Å²) in [5.41, 5.74) is 1.51. The maximum atomic E-state index is 11.9. The van der Waals surface area contributed by atoms with Gasteiger partial charge in [-0.05, 0) is 38.1 Å². The Labute approximate surface area is 117 Å². The summed E-state index contributed by atoms with van der Waals surface area (Å²) in [6, 6.07) is 17.3. The van der Waals surface area contributed by atoms with Crippen LogP contribution in [-0.2, 0) is 4.74 Å². The van der Waals surface area contributed by atoms with Crippen LogP contribution in [0.2, 0.25) is 0 Å². The summed E-state index contributed by atoms with van der Waals surface area (Å²) in [6.45, 7) is 3.87. The number of aryl methyl sites for hydroxylation is 1. The van der Waals surface area contributed by atoms with E-state index in [1.807, 2.05) is 56.3 Å². The SMILES string of the molecule is Cc1ccc(C(=O)OC(C)Sc2ccccc2)cc1. The van der Waals surface area contributed by atoms with Crippen LogP contribution in [-0.4, -0.2) is 11.4 Å². The fraction of sp³-hybridized carbons (Fsp3) is 0.188. The topological polar surface area (TPSA) is 26.3 Å². The van der Waals surface area contributed by atoms with Crippen LogP contribution in [0, 0.1) is 6.92 Å². The van der Waals surface area contributed by atoms with Crippen molar-refractivity contribution in [3.8, 4) is 0 Å². The van der Waals surface area contributed by atoms with Crippen molar-refractivity contribution in [2.45, 2.75) is 24.2 Å². The van der Waals surface area contributed by atoms with Crippen LogP contribution < -0.4 is 0 Å². The molecule has 2 aromatic carbocycles. The average molecular weight is 272 g/mol. The summed E-state index contributed by atoms with van der Waals surface area (Å²) in [5, 5.41) is 0. The molecule has 2 rings (SSSR count). The standard InChI is InChI=1S/C16H16O2S/c1-12-8-10-14(11-9-12)16(17)18-13(2)19-15-6-4-3-5-7-15/h3-11,13H,1-2H3. The van der Waals surface area contributed by atoms with Gasteiger partial charge in [-0.1, -0.05) is 47.7 Å². The Morgan fingerprint density at radius 1 is 1.05 bits per heavy atom. The summed E-state index contributed by atoms with van der Waals surface area (Å²) in [7, 11) is 0. The first-order valence-corrected chi connectivity index (χ1v) is 7.02. The minimum absolute atomic E-state index is 0.212. The Balaban J connectivity index is 1.93. The molecule has 1 atom stereocenters. The van der Waals surface area contributed by atoms with Crippen molar-refractivity contribution in [1.82, 2.24) is 0 Å². The molecule has 0 fully saturated rings. The second kappa shape index (κ2) is 6.43. The predicted molar refractivity (Wildman–Crippen MR) is 78.4 cm³/mol. The van der Waals surface area contributed by atoms with Gasteiger partial charge in [0, 0.05) is 4.90 Å². The third kappa shape index (κ3) is 4.14. The van der Waals surface area contributed by atoms with Crippen LogP contribution in [0.15, 0.2) is 59.5 Å². The number of esters is 1. The zero-order valence-corrected chi connectivity index (χ0v) is 11.8. The summed E-state index contributed by atoms with van der Waals surface area (Å²) >= 11 is 1.53. The number of benzene rings is 2. The Bertz CT molecular complexity index is 534. The molecule has 0 N–H and O–H groups in total. The summed E-state index contributed by atoms with van der Waals surface area (Å²) in [4.78, 5) is 13.0. The fourth-order valence-corrected chi connectivity index (χ4v) is 2.46. The van der Waals surface area contributed by atoms with Gasteiger partial charge < -0.3 is 4.74 Å². The van der Waals surface area contributed by atoms with Crippen LogP contribution in [0.5, 0.6) is 0 Å². The van der Waals surface area contributed by atoms with E-state index in [2.05, 4.69) is 0 Å². The van der Waals surface area contributed by atoms with E-state index in [9.17, 15) is 4.79 Å². The van der Waals surface area contributed by atoms with Crippen molar-refractivity contribution in [1.29, 1.82) is 0 Å². The molecule has 3 heteroatoms. The predicted octanol–water partition coefficient (Wildman–Crippen LogP) is 4.29. The summed E-state index contributed by atoms with van der Waals surface area (Å²) in [6.07, 6.45) is 0. The lowest BCUT2D eigenvalue weighted by Crippen LogP contribution is -2.11. The normalized spacial score (nSPS) is 11.9. The molecule has 2 aromatic rings. The van der Waals surface area contributed by atoms with Crippen LogP contribution in [0.3, 0.4) is 0 Å². The Morgan fingerprint density at radius 2 is 1.68 bits per heavy atom. The van der Waals surface area contributed by atoms with Crippen molar-refractivity contribution in [2.24, 2.45) is 0 Å². The van der Waals surface area contributed by atoms with Crippen LogP contribution in [0.4, 0.5) is 0 Å². The van der Waals surface area contributed by atoms with Crippen molar-refractivity contribution in [3.63, 3.8) is 0 Å². The summed E-state index contributed by atoms with van der Waals surface area (Å²) < 4.78 is 5.40. The Hall–Kier alpha value is -1.74. The maximum absolute atomic E-state index is 11.9. The van der Waals surface area contributed by atoms with Gasteiger partial charge in [-0.2, -0.15) is 0 Å². The molecule has 0 aliphatic carbocycles. The quantitative estimate of drug-likeness (QED) is 0.472. The molecule has 0 aromatic heterocycles. The first kappa shape index (κ1) is 13.7. The van der Waals surface area contributed by atoms with E-state index in [0.29, 0.717) is 5.56 Å². The molecule has 1 unspecified atom stereocenters. The molecule has 0 saturated heterocycles. The highest BCUT2D eigenvalue weighted by Gasteiger charge is 2.12. The van der Waals surface area contributed by atoms with E-state index in [0.717, 1.165) is 10.5 Å². The zero-order chi connectivity index (χ0) is 13.7. The molecular weight excluding hydrogens is 256 g/mol. The minimum atomic E-state index is -0.282. The number of carbonyl (C=O) groups is 1. The number of ether oxygens (including phenoxy) is 1. The van der Waals surface area contributed by atoms with E-state index in [4.69, 9.17) is 4.74 Å². The lowest BCUT2D eigenvalue weighted by Gasteiger charge is -2.12. The molecule has 2 nitrogen and oxygen atoms in total. The number of hydrogen-bond acceptors (Lipinski definition) is 3. The highest BCUT2D eigenvalue weighted by molar-refractivity contribution is 7.99. The maximum Gasteiger partial charge on any atom is 0.339 e. The molecule has 0 bridgehead atoms. The lowest BCUT2D eigenvalue weighted by atomic mass is 10.1. The molecular formula is C16H16O2S. The van der Waals surface area contributed by atoms with Crippen molar-refractivity contribution >= 4 is 17.7 Å². The van der Waals surface area contributed by atoms with Gasteiger partial charge in [-0.25, -0.2) is 4.79 Å². The zero-order valence-electron chi connectivity index (χ0n) is 11.0. The smallest absolute Gasteiger partial charge is 0.339 e. The lowest BCUT2D eigenvalue weighted by molar-refractivity contribution is 0.0482. The first-order valence-electron chi connectivity index (χ1n) is 6.14. The second-order valence-corrected chi connectivity index (χ2v) is 5.64. The largest absolute Gasteiger partial charge is 0.448 e. The second-order valence-electron chi connectivity index (χ2n) is 4.27. The van der Waals surface area contributed by atoms with Crippen LogP contribution >= 0.6 is 11.8 Å². The Kier molecular flexibility index (Phi) is 4.63. The fourth-order valence-electron chi connectivity index (χ4n) is 1.62. The molecule has 19 heavy (non-hydrogen) atoms. The van der Waals surface area contributed by atoms with E-state index < -0.39 is 0 Å². The van der Waals surface area contributed by atoms with Gasteiger partial charge in [-0.15, -0.1) is 0 Å². The minimum Gasteiger partial charge on any atom is -0.448 e. The van der Waals surface area contributed by atoms with Gasteiger partial charge in [0.15, 0.2) is 0 Å². The van der Waals surface area contributed by atoms with Gasteiger partial charge >= 0.3 is 5.97 Å². The average Bonchev–Trinajstić information content (AvgIpc) is 2.40.